The monoisotopic (exact) mass is 275 g/mol. The highest BCUT2D eigenvalue weighted by atomic mass is 79.9. The minimum absolute atomic E-state index is 0.336. The van der Waals surface area contributed by atoms with Gasteiger partial charge in [0, 0.05) is 15.5 Å². The lowest BCUT2D eigenvalue weighted by molar-refractivity contribution is 0.442. The first-order chi connectivity index (χ1) is 6.56. The molecular formula is C11H15BrClN. The summed E-state index contributed by atoms with van der Waals surface area (Å²) in [5.74, 6) is 0.537. The Morgan fingerprint density at radius 2 is 2.00 bits per heavy atom. The van der Waals surface area contributed by atoms with Crippen LogP contribution in [0.15, 0.2) is 22.7 Å². The second-order valence-electron chi connectivity index (χ2n) is 3.68. The van der Waals surface area contributed by atoms with Crippen molar-refractivity contribution in [2.75, 3.05) is 7.05 Å². The quantitative estimate of drug-likeness (QED) is 0.879. The molecule has 1 N–H and O–H groups in total. The minimum Gasteiger partial charge on any atom is -0.313 e. The molecule has 1 aromatic rings. The summed E-state index contributed by atoms with van der Waals surface area (Å²) in [6.07, 6.45) is 0. The van der Waals surface area contributed by atoms with Crippen molar-refractivity contribution >= 4 is 27.5 Å². The van der Waals surface area contributed by atoms with Crippen molar-refractivity contribution in [2.24, 2.45) is 5.92 Å². The van der Waals surface area contributed by atoms with Crippen LogP contribution in [0, 0.1) is 5.92 Å². The van der Waals surface area contributed by atoms with Gasteiger partial charge in [-0.15, -0.1) is 0 Å². The molecule has 1 nitrogen and oxygen atoms in total. The van der Waals surface area contributed by atoms with E-state index in [0.717, 1.165) is 9.50 Å². The van der Waals surface area contributed by atoms with Crippen molar-refractivity contribution in [1.82, 2.24) is 5.32 Å². The van der Waals surface area contributed by atoms with E-state index < -0.39 is 0 Å². The maximum Gasteiger partial charge on any atom is 0.0410 e. The third kappa shape index (κ3) is 2.72. The van der Waals surface area contributed by atoms with Gasteiger partial charge in [-0.05, 0) is 36.7 Å². The molecule has 1 rings (SSSR count). The summed E-state index contributed by atoms with van der Waals surface area (Å²) in [4.78, 5) is 0. The zero-order chi connectivity index (χ0) is 10.7. The van der Waals surface area contributed by atoms with E-state index in [0.29, 0.717) is 12.0 Å². The summed E-state index contributed by atoms with van der Waals surface area (Å²) >= 11 is 9.52. The van der Waals surface area contributed by atoms with Crippen LogP contribution in [0.25, 0.3) is 0 Å². The molecule has 0 saturated heterocycles. The summed E-state index contributed by atoms with van der Waals surface area (Å²) in [6.45, 7) is 4.38. The van der Waals surface area contributed by atoms with Gasteiger partial charge >= 0.3 is 0 Å². The van der Waals surface area contributed by atoms with Gasteiger partial charge in [0.2, 0.25) is 0 Å². The summed E-state index contributed by atoms with van der Waals surface area (Å²) < 4.78 is 1.11. The molecule has 14 heavy (non-hydrogen) atoms. The second-order valence-corrected chi connectivity index (χ2v) is 4.97. The maximum atomic E-state index is 5.97. The number of hydrogen-bond donors (Lipinski definition) is 1. The zero-order valence-corrected chi connectivity index (χ0v) is 11.0. The molecule has 0 aliphatic rings. The van der Waals surface area contributed by atoms with Crippen molar-refractivity contribution in [3.05, 3.63) is 33.3 Å². The third-order valence-corrected chi connectivity index (χ3v) is 3.23. The van der Waals surface area contributed by atoms with E-state index in [1.807, 2.05) is 25.2 Å². The highest BCUT2D eigenvalue weighted by Gasteiger charge is 2.16. The highest BCUT2D eigenvalue weighted by Crippen LogP contribution is 2.30. The number of halogens is 2. The number of rotatable bonds is 3. The van der Waals surface area contributed by atoms with E-state index >= 15 is 0 Å². The lowest BCUT2D eigenvalue weighted by Gasteiger charge is -2.22. The molecule has 1 aromatic carbocycles. The Morgan fingerprint density at radius 1 is 1.36 bits per heavy atom. The smallest absolute Gasteiger partial charge is 0.0410 e. The molecule has 3 heteroatoms. The number of nitrogens with one attached hydrogen (secondary N) is 1. The Kier molecular flexibility index (Phi) is 4.42. The van der Waals surface area contributed by atoms with E-state index in [1.54, 1.807) is 0 Å². The first kappa shape index (κ1) is 12.0. The van der Waals surface area contributed by atoms with Gasteiger partial charge in [0.15, 0.2) is 0 Å². The largest absolute Gasteiger partial charge is 0.313 e. The molecule has 0 aromatic heterocycles. The Balaban J connectivity index is 3.08. The average molecular weight is 277 g/mol. The molecular weight excluding hydrogens is 261 g/mol. The summed E-state index contributed by atoms with van der Waals surface area (Å²) in [7, 11) is 1.97. The SMILES string of the molecule is CNC(c1cc(Cl)ccc1Br)C(C)C. The standard InChI is InChI=1S/C11H15BrClN/c1-7(2)11(14-3)9-6-8(13)4-5-10(9)12/h4-7,11,14H,1-3H3. The van der Waals surface area contributed by atoms with E-state index in [-0.39, 0.29) is 0 Å². The fourth-order valence-corrected chi connectivity index (χ4v) is 2.27. The van der Waals surface area contributed by atoms with Crippen LogP contribution in [0.5, 0.6) is 0 Å². The van der Waals surface area contributed by atoms with Gasteiger partial charge in [-0.1, -0.05) is 41.4 Å². The van der Waals surface area contributed by atoms with Crippen LogP contribution in [0.3, 0.4) is 0 Å². The second kappa shape index (κ2) is 5.15. The Bertz CT molecular complexity index is 312. The number of benzene rings is 1. The molecule has 0 saturated carbocycles. The molecule has 0 spiro atoms. The van der Waals surface area contributed by atoms with Crippen LogP contribution in [0.1, 0.15) is 25.5 Å². The fraction of sp³-hybridized carbons (Fsp3) is 0.455. The van der Waals surface area contributed by atoms with Crippen LogP contribution >= 0.6 is 27.5 Å². The topological polar surface area (TPSA) is 12.0 Å². The van der Waals surface area contributed by atoms with Gasteiger partial charge in [0.05, 0.1) is 0 Å². The van der Waals surface area contributed by atoms with Gasteiger partial charge < -0.3 is 5.32 Å². The first-order valence-electron chi connectivity index (χ1n) is 4.68. The molecule has 78 valence electrons. The summed E-state index contributed by atoms with van der Waals surface area (Å²) in [5, 5.41) is 4.08. The Morgan fingerprint density at radius 3 is 2.50 bits per heavy atom. The molecule has 1 atom stereocenters. The third-order valence-electron chi connectivity index (χ3n) is 2.27. The average Bonchev–Trinajstić information content (AvgIpc) is 2.11. The van der Waals surface area contributed by atoms with Gasteiger partial charge in [0.25, 0.3) is 0 Å². The molecule has 0 radical (unpaired) electrons. The van der Waals surface area contributed by atoms with Crippen LogP contribution in [0.2, 0.25) is 5.02 Å². The maximum absolute atomic E-state index is 5.97. The lowest BCUT2D eigenvalue weighted by atomic mass is 9.96. The molecule has 0 amide bonds. The molecule has 1 unspecified atom stereocenters. The summed E-state index contributed by atoms with van der Waals surface area (Å²) in [5.41, 5.74) is 1.22. The predicted octanol–water partition coefficient (Wildman–Crippen LogP) is 4.02. The summed E-state index contributed by atoms with van der Waals surface area (Å²) in [6, 6.07) is 6.22. The van der Waals surface area contributed by atoms with Crippen LogP contribution in [0.4, 0.5) is 0 Å². The lowest BCUT2D eigenvalue weighted by Crippen LogP contribution is -2.22. The van der Waals surface area contributed by atoms with Crippen molar-refractivity contribution in [3.8, 4) is 0 Å². The fourth-order valence-electron chi connectivity index (χ4n) is 1.60. The Labute approximate surface area is 99.0 Å². The van der Waals surface area contributed by atoms with E-state index in [4.69, 9.17) is 11.6 Å². The Hall–Kier alpha value is -0.0500. The van der Waals surface area contributed by atoms with Gasteiger partial charge in [-0.25, -0.2) is 0 Å². The molecule has 0 heterocycles. The normalized spacial score (nSPS) is 13.3. The minimum atomic E-state index is 0.336. The molecule has 0 aliphatic carbocycles. The van der Waals surface area contributed by atoms with Gasteiger partial charge in [-0.2, -0.15) is 0 Å². The van der Waals surface area contributed by atoms with Gasteiger partial charge in [0.1, 0.15) is 0 Å². The molecule has 0 aliphatic heterocycles. The van der Waals surface area contributed by atoms with E-state index in [1.165, 1.54) is 5.56 Å². The van der Waals surface area contributed by atoms with Gasteiger partial charge in [-0.3, -0.25) is 0 Å². The predicted molar refractivity (Wildman–Crippen MR) is 65.8 cm³/mol. The highest BCUT2D eigenvalue weighted by molar-refractivity contribution is 9.10. The van der Waals surface area contributed by atoms with Crippen LogP contribution < -0.4 is 5.32 Å². The van der Waals surface area contributed by atoms with Crippen molar-refractivity contribution < 1.29 is 0 Å². The van der Waals surface area contributed by atoms with E-state index in [9.17, 15) is 0 Å². The van der Waals surface area contributed by atoms with Crippen LogP contribution in [-0.4, -0.2) is 7.05 Å². The van der Waals surface area contributed by atoms with Crippen LogP contribution in [-0.2, 0) is 0 Å². The van der Waals surface area contributed by atoms with Crippen molar-refractivity contribution in [2.45, 2.75) is 19.9 Å². The molecule has 0 bridgehead atoms. The first-order valence-corrected chi connectivity index (χ1v) is 5.85. The number of hydrogen-bond acceptors (Lipinski definition) is 1. The zero-order valence-electron chi connectivity index (χ0n) is 8.64. The van der Waals surface area contributed by atoms with E-state index in [2.05, 4.69) is 35.1 Å². The van der Waals surface area contributed by atoms with Crippen molar-refractivity contribution in [3.63, 3.8) is 0 Å². The van der Waals surface area contributed by atoms with Crippen molar-refractivity contribution in [1.29, 1.82) is 0 Å². The molecule has 0 fully saturated rings.